The van der Waals surface area contributed by atoms with E-state index < -0.39 is 24.1 Å². The number of aliphatic hydroxyl groups is 1. The van der Waals surface area contributed by atoms with Gasteiger partial charge in [-0.05, 0) is 35.4 Å². The largest absolute Gasteiger partial charge is 0.491 e. The predicted octanol–water partition coefficient (Wildman–Crippen LogP) is 5.94. The molecule has 3 aromatic rings. The van der Waals surface area contributed by atoms with Crippen molar-refractivity contribution in [2.24, 2.45) is 11.8 Å². The summed E-state index contributed by atoms with van der Waals surface area (Å²) < 4.78 is 44.0. The van der Waals surface area contributed by atoms with Gasteiger partial charge in [0.25, 0.3) is 5.92 Å². The van der Waals surface area contributed by atoms with Gasteiger partial charge in [0.15, 0.2) is 0 Å². The lowest BCUT2D eigenvalue weighted by Gasteiger charge is -2.21. The van der Waals surface area contributed by atoms with Crippen LogP contribution >= 0.6 is 0 Å². The Morgan fingerprint density at radius 2 is 1.80 bits per heavy atom. The van der Waals surface area contributed by atoms with Crippen molar-refractivity contribution < 1.29 is 37.7 Å². The minimum absolute atomic E-state index is 0.163. The summed E-state index contributed by atoms with van der Waals surface area (Å²) in [5, 5.41) is 10.5. The van der Waals surface area contributed by atoms with Crippen molar-refractivity contribution in [2.75, 3.05) is 6.61 Å². The summed E-state index contributed by atoms with van der Waals surface area (Å²) in [4.78, 5) is 24.9. The van der Waals surface area contributed by atoms with Crippen molar-refractivity contribution in [1.82, 2.24) is 0 Å². The van der Waals surface area contributed by atoms with E-state index >= 15 is 0 Å². The Bertz CT molecular complexity index is 1370. The maximum Gasteiger partial charge on any atom is 0.338 e. The fourth-order valence-electron chi connectivity index (χ4n) is 5.28. The SMILES string of the molecule is CC(F)(F)c1cccc(OC[C@H](O)/C=C/[C@@H]2[C@H]3CC(=O)O[C@H]3C[C@H]2OC(=O)c2ccc(-c3ccccc3)cc2)c1. The molecule has 5 rings (SSSR count). The summed E-state index contributed by atoms with van der Waals surface area (Å²) in [5.74, 6) is -4.10. The van der Waals surface area contributed by atoms with E-state index in [9.17, 15) is 23.5 Å². The molecule has 1 saturated heterocycles. The lowest BCUT2D eigenvalue weighted by Crippen LogP contribution is -2.25. The summed E-state index contributed by atoms with van der Waals surface area (Å²) in [6.07, 6.45) is 1.85. The zero-order chi connectivity index (χ0) is 28.3. The van der Waals surface area contributed by atoms with Crippen molar-refractivity contribution >= 4 is 11.9 Å². The van der Waals surface area contributed by atoms with Crippen LogP contribution in [0.5, 0.6) is 5.75 Å². The zero-order valence-electron chi connectivity index (χ0n) is 21.9. The molecule has 2 fully saturated rings. The van der Waals surface area contributed by atoms with Crippen LogP contribution in [-0.2, 0) is 20.2 Å². The molecular weight excluding hydrogens is 518 g/mol. The Labute approximate surface area is 231 Å². The van der Waals surface area contributed by atoms with Crippen molar-refractivity contribution in [1.29, 1.82) is 0 Å². The average Bonchev–Trinajstić information content (AvgIpc) is 3.46. The van der Waals surface area contributed by atoms with E-state index in [1.54, 1.807) is 18.2 Å². The molecule has 1 N–H and O–H groups in total. The summed E-state index contributed by atoms with van der Waals surface area (Å²) in [6.45, 7) is 0.642. The molecule has 0 radical (unpaired) electrons. The summed E-state index contributed by atoms with van der Waals surface area (Å²) in [7, 11) is 0. The first-order valence-corrected chi connectivity index (χ1v) is 13.2. The van der Waals surface area contributed by atoms with E-state index in [0.717, 1.165) is 18.1 Å². The summed E-state index contributed by atoms with van der Waals surface area (Å²) in [5.41, 5.74) is 2.24. The van der Waals surface area contributed by atoms with Crippen LogP contribution in [-0.4, -0.2) is 42.0 Å². The highest BCUT2D eigenvalue weighted by molar-refractivity contribution is 5.90. The molecule has 6 nitrogen and oxygen atoms in total. The first-order chi connectivity index (χ1) is 19.2. The number of esters is 2. The van der Waals surface area contributed by atoms with Gasteiger partial charge in [0, 0.05) is 30.7 Å². The topological polar surface area (TPSA) is 82.1 Å². The number of fused-ring (bicyclic) bond motifs is 1. The van der Waals surface area contributed by atoms with Crippen LogP contribution in [0.2, 0.25) is 0 Å². The van der Waals surface area contributed by atoms with E-state index in [-0.39, 0.29) is 48.2 Å². The molecule has 1 aliphatic heterocycles. The predicted molar refractivity (Wildman–Crippen MR) is 144 cm³/mol. The Balaban J connectivity index is 1.23. The van der Waals surface area contributed by atoms with Gasteiger partial charge in [0.05, 0.1) is 12.0 Å². The molecule has 1 heterocycles. The Kier molecular flexibility index (Phi) is 7.98. The van der Waals surface area contributed by atoms with Crippen molar-refractivity contribution in [3.05, 3.63) is 102 Å². The van der Waals surface area contributed by atoms with Gasteiger partial charge in [-0.15, -0.1) is 0 Å². The third kappa shape index (κ3) is 6.39. The first kappa shape index (κ1) is 27.5. The number of hydrogen-bond donors (Lipinski definition) is 1. The second-order valence-electron chi connectivity index (χ2n) is 10.3. The van der Waals surface area contributed by atoms with E-state index in [1.807, 2.05) is 42.5 Å². The molecule has 0 aromatic heterocycles. The molecule has 5 atom stereocenters. The number of halogens is 2. The molecule has 3 aromatic carbocycles. The van der Waals surface area contributed by atoms with Gasteiger partial charge < -0.3 is 19.3 Å². The van der Waals surface area contributed by atoms with Gasteiger partial charge in [-0.25, -0.2) is 13.6 Å². The zero-order valence-corrected chi connectivity index (χ0v) is 21.9. The van der Waals surface area contributed by atoms with Crippen LogP contribution in [0, 0.1) is 11.8 Å². The van der Waals surface area contributed by atoms with Crippen LogP contribution in [0.15, 0.2) is 91.0 Å². The van der Waals surface area contributed by atoms with Gasteiger partial charge in [-0.1, -0.05) is 66.7 Å². The van der Waals surface area contributed by atoms with Crippen LogP contribution in [0.3, 0.4) is 0 Å². The molecule has 0 amide bonds. The quantitative estimate of drug-likeness (QED) is 0.263. The third-order valence-electron chi connectivity index (χ3n) is 7.35. The minimum atomic E-state index is -3.01. The summed E-state index contributed by atoms with van der Waals surface area (Å²) >= 11 is 0. The molecule has 0 unspecified atom stereocenters. The molecular formula is C32H30F2O6. The molecule has 8 heteroatoms. The maximum absolute atomic E-state index is 13.6. The highest BCUT2D eigenvalue weighted by atomic mass is 19.3. The van der Waals surface area contributed by atoms with Gasteiger partial charge in [0.1, 0.15) is 30.7 Å². The number of carbonyl (C=O) groups excluding carboxylic acids is 2. The average molecular weight is 549 g/mol. The normalized spacial score (nSPS) is 23.1. The van der Waals surface area contributed by atoms with E-state index in [4.69, 9.17) is 14.2 Å². The lowest BCUT2D eigenvalue weighted by atomic mass is 9.91. The maximum atomic E-state index is 13.6. The van der Waals surface area contributed by atoms with Gasteiger partial charge in [-0.3, -0.25) is 4.79 Å². The number of rotatable bonds is 9. The fourth-order valence-corrected chi connectivity index (χ4v) is 5.28. The second kappa shape index (κ2) is 11.6. The smallest absolute Gasteiger partial charge is 0.338 e. The minimum Gasteiger partial charge on any atom is -0.491 e. The highest BCUT2D eigenvalue weighted by Crippen LogP contribution is 2.43. The number of aliphatic hydroxyl groups excluding tert-OH is 1. The number of carbonyl (C=O) groups is 2. The number of ether oxygens (including phenoxy) is 3. The molecule has 208 valence electrons. The summed E-state index contributed by atoms with van der Waals surface area (Å²) in [6, 6.07) is 22.5. The number of benzene rings is 3. The van der Waals surface area contributed by atoms with Crippen LogP contribution in [0.1, 0.15) is 35.7 Å². The van der Waals surface area contributed by atoms with Crippen LogP contribution in [0.25, 0.3) is 11.1 Å². The lowest BCUT2D eigenvalue weighted by molar-refractivity contribution is -0.141. The van der Waals surface area contributed by atoms with Crippen molar-refractivity contribution in [3.8, 4) is 16.9 Å². The third-order valence-corrected chi connectivity index (χ3v) is 7.35. The highest BCUT2D eigenvalue weighted by Gasteiger charge is 2.50. The Morgan fingerprint density at radius 1 is 1.07 bits per heavy atom. The van der Waals surface area contributed by atoms with Gasteiger partial charge in [0.2, 0.25) is 0 Å². The molecule has 2 aliphatic rings. The van der Waals surface area contributed by atoms with Gasteiger partial charge in [-0.2, -0.15) is 0 Å². The molecule has 1 saturated carbocycles. The first-order valence-electron chi connectivity index (χ1n) is 13.2. The Hall–Kier alpha value is -4.04. The van der Waals surface area contributed by atoms with E-state index in [2.05, 4.69) is 0 Å². The van der Waals surface area contributed by atoms with E-state index in [1.165, 1.54) is 30.3 Å². The second-order valence-corrected chi connectivity index (χ2v) is 10.3. The van der Waals surface area contributed by atoms with Crippen LogP contribution in [0.4, 0.5) is 8.78 Å². The standard InChI is InChI=1S/C32H30F2O6/c1-32(33,34)23-8-5-9-25(16-23)38-19-24(35)14-15-26-27-17-30(36)39-29(27)18-28(26)40-31(37)22-12-10-21(11-13-22)20-6-3-2-4-7-20/h2-16,24,26-29,35H,17-19H2,1H3/b15-14+/t24-,26-,27-,28-,29+/m1/s1. The molecule has 0 bridgehead atoms. The van der Waals surface area contributed by atoms with Crippen LogP contribution < -0.4 is 4.74 Å². The molecule has 1 aliphatic carbocycles. The van der Waals surface area contributed by atoms with E-state index in [0.29, 0.717) is 12.0 Å². The molecule has 40 heavy (non-hydrogen) atoms. The number of hydrogen-bond acceptors (Lipinski definition) is 6. The van der Waals surface area contributed by atoms with Gasteiger partial charge >= 0.3 is 11.9 Å². The van der Waals surface area contributed by atoms with Crippen molar-refractivity contribution in [3.63, 3.8) is 0 Å². The van der Waals surface area contributed by atoms with Crippen molar-refractivity contribution in [2.45, 2.75) is 44.0 Å². The Morgan fingerprint density at radius 3 is 2.52 bits per heavy atom. The number of alkyl halides is 2. The fraction of sp³-hybridized carbons (Fsp3) is 0.312. The monoisotopic (exact) mass is 548 g/mol. The molecule has 0 spiro atoms.